The van der Waals surface area contributed by atoms with E-state index in [4.69, 9.17) is 27.7 Å². The zero-order chi connectivity index (χ0) is 25.7. The molecule has 0 radical (unpaired) electrons. The maximum Gasteiger partial charge on any atom is 0.335 e. The van der Waals surface area contributed by atoms with Crippen molar-refractivity contribution < 1.29 is 18.8 Å². The molecule has 2 aromatic carbocycles. The lowest BCUT2D eigenvalue weighted by molar-refractivity contribution is 0.0696. The minimum Gasteiger partial charge on any atom is -0.478 e. The molecule has 10 heteroatoms. The van der Waals surface area contributed by atoms with Crippen molar-refractivity contribution >= 4 is 61.9 Å². The van der Waals surface area contributed by atoms with E-state index in [-0.39, 0.29) is 11.1 Å². The van der Waals surface area contributed by atoms with E-state index < -0.39 is 11.8 Å². The van der Waals surface area contributed by atoms with Gasteiger partial charge in [0.25, 0.3) is 0 Å². The Bertz CT molecular complexity index is 1520. The molecule has 190 valence electrons. The highest BCUT2D eigenvalue weighted by Crippen LogP contribution is 2.46. The van der Waals surface area contributed by atoms with Crippen molar-refractivity contribution in [2.24, 2.45) is 5.92 Å². The highest BCUT2D eigenvalue weighted by atomic mass is 35.5. The van der Waals surface area contributed by atoms with Crippen LogP contribution in [0.4, 0.5) is 9.52 Å². The van der Waals surface area contributed by atoms with E-state index >= 15 is 0 Å². The molecule has 1 N–H and O–H groups in total. The van der Waals surface area contributed by atoms with Gasteiger partial charge in [0, 0.05) is 30.1 Å². The van der Waals surface area contributed by atoms with Crippen LogP contribution in [0.1, 0.15) is 53.3 Å². The van der Waals surface area contributed by atoms with Gasteiger partial charge in [0.05, 0.1) is 20.3 Å². The Morgan fingerprint density at radius 2 is 1.89 bits per heavy atom. The van der Waals surface area contributed by atoms with Crippen molar-refractivity contribution in [1.82, 2.24) is 10.1 Å². The van der Waals surface area contributed by atoms with E-state index in [9.17, 15) is 14.3 Å². The summed E-state index contributed by atoms with van der Waals surface area (Å²) in [5.74, 6) is -0.148. The molecule has 1 saturated heterocycles. The van der Waals surface area contributed by atoms with Crippen LogP contribution >= 0.6 is 34.5 Å². The Labute approximate surface area is 226 Å². The monoisotopic (exact) mass is 557 g/mol. The van der Waals surface area contributed by atoms with E-state index in [1.54, 1.807) is 12.1 Å². The normalized spacial score (nSPS) is 16.8. The third kappa shape index (κ3) is 4.74. The number of benzene rings is 2. The number of hydrogen-bond donors (Lipinski definition) is 1. The Morgan fingerprint density at radius 1 is 1.16 bits per heavy atom. The summed E-state index contributed by atoms with van der Waals surface area (Å²) in [6.45, 7) is 1.54. The maximum atomic E-state index is 14.4. The van der Waals surface area contributed by atoms with Crippen LogP contribution in [-0.2, 0) is 0 Å². The second-order valence-corrected chi connectivity index (χ2v) is 11.3. The molecule has 6 nitrogen and oxygen atoms in total. The van der Waals surface area contributed by atoms with Crippen molar-refractivity contribution in [1.29, 1.82) is 0 Å². The first-order chi connectivity index (χ1) is 17.9. The highest BCUT2D eigenvalue weighted by molar-refractivity contribution is 7.22. The molecule has 2 aromatic heterocycles. The molecule has 2 fully saturated rings. The number of thiazole rings is 1. The van der Waals surface area contributed by atoms with Gasteiger partial charge in [0.15, 0.2) is 10.9 Å². The fourth-order valence-electron chi connectivity index (χ4n) is 4.77. The molecular weight excluding hydrogens is 536 g/mol. The number of piperidine rings is 1. The molecule has 0 atom stereocenters. The minimum absolute atomic E-state index is 0.0687. The number of carboxylic acid groups (broad SMARTS) is 1. The number of carboxylic acids is 1. The molecule has 4 aromatic rings. The van der Waals surface area contributed by atoms with Gasteiger partial charge in [-0.1, -0.05) is 57.9 Å². The average Bonchev–Trinajstić information content (AvgIpc) is 3.49. The molecular formula is C27H22Cl2FN3O3S. The summed E-state index contributed by atoms with van der Waals surface area (Å²) in [4.78, 5) is 17.9. The number of halogens is 3. The molecule has 0 spiro atoms. The quantitative estimate of drug-likeness (QED) is 0.259. The van der Waals surface area contributed by atoms with E-state index in [1.807, 2.05) is 6.07 Å². The molecule has 3 heterocycles. The summed E-state index contributed by atoms with van der Waals surface area (Å²) in [5.41, 5.74) is 2.45. The predicted octanol–water partition coefficient (Wildman–Crippen LogP) is 7.90. The second-order valence-electron chi connectivity index (χ2n) is 9.47. The molecule has 0 bridgehead atoms. The topological polar surface area (TPSA) is 79.5 Å². The second kappa shape index (κ2) is 9.74. The number of anilines is 1. The Hall–Kier alpha value is -2.94. The van der Waals surface area contributed by atoms with Crippen molar-refractivity contribution in [3.8, 4) is 11.3 Å². The minimum atomic E-state index is -1.15. The van der Waals surface area contributed by atoms with Gasteiger partial charge >= 0.3 is 5.97 Å². The summed E-state index contributed by atoms with van der Waals surface area (Å²) >= 11 is 14.3. The lowest BCUT2D eigenvalue weighted by atomic mass is 9.95. The van der Waals surface area contributed by atoms with Crippen LogP contribution in [0.5, 0.6) is 0 Å². The number of hydrogen-bond acceptors (Lipinski definition) is 6. The van der Waals surface area contributed by atoms with E-state index in [0.717, 1.165) is 56.2 Å². The Kier molecular flexibility index (Phi) is 6.42. The van der Waals surface area contributed by atoms with Gasteiger partial charge in [0.2, 0.25) is 0 Å². The third-order valence-electron chi connectivity index (χ3n) is 6.93. The number of carbonyl (C=O) groups is 1. The first kappa shape index (κ1) is 24.4. The van der Waals surface area contributed by atoms with Gasteiger partial charge in [-0.15, -0.1) is 0 Å². The summed E-state index contributed by atoms with van der Waals surface area (Å²) in [6.07, 6.45) is 8.28. The summed E-state index contributed by atoms with van der Waals surface area (Å²) in [7, 11) is 0. The molecule has 1 saturated carbocycles. The predicted molar refractivity (Wildman–Crippen MR) is 144 cm³/mol. The Balaban J connectivity index is 1.20. The Morgan fingerprint density at radius 3 is 2.57 bits per heavy atom. The number of rotatable bonds is 6. The van der Waals surface area contributed by atoms with E-state index in [2.05, 4.69) is 27.2 Å². The summed E-state index contributed by atoms with van der Waals surface area (Å²) in [6, 6.07) is 7.92. The molecule has 1 aliphatic carbocycles. The molecule has 1 aliphatic heterocycles. The van der Waals surface area contributed by atoms with Gasteiger partial charge in [-0.2, -0.15) is 0 Å². The van der Waals surface area contributed by atoms with Crippen LogP contribution in [-0.4, -0.2) is 34.3 Å². The number of aromatic carboxylic acids is 1. The third-order valence-corrected chi connectivity index (χ3v) is 8.63. The maximum absolute atomic E-state index is 14.4. The van der Waals surface area contributed by atoms with Gasteiger partial charge in [-0.25, -0.2) is 14.2 Å². The molecule has 0 unspecified atom stereocenters. The highest BCUT2D eigenvalue weighted by Gasteiger charge is 2.33. The van der Waals surface area contributed by atoms with Gasteiger partial charge in [-0.05, 0) is 55.9 Å². The van der Waals surface area contributed by atoms with Crippen LogP contribution in [0.25, 0.3) is 27.6 Å². The molecule has 37 heavy (non-hydrogen) atoms. The van der Waals surface area contributed by atoms with Crippen molar-refractivity contribution in [3.63, 3.8) is 0 Å². The largest absolute Gasteiger partial charge is 0.478 e. The fourth-order valence-corrected chi connectivity index (χ4v) is 6.41. The number of nitrogens with zero attached hydrogens (tertiary/aromatic N) is 3. The lowest BCUT2D eigenvalue weighted by Crippen LogP contribution is -2.32. The summed E-state index contributed by atoms with van der Waals surface area (Å²) in [5, 5.41) is 15.3. The number of allylic oxidation sites excluding steroid dienone is 1. The fraction of sp³-hybridized carbons (Fsp3) is 0.296. The molecule has 6 rings (SSSR count). The van der Waals surface area contributed by atoms with Crippen LogP contribution in [0.15, 0.2) is 40.9 Å². The van der Waals surface area contributed by atoms with Gasteiger partial charge < -0.3 is 14.5 Å². The van der Waals surface area contributed by atoms with Crippen LogP contribution in [0, 0.1) is 11.7 Å². The van der Waals surface area contributed by atoms with E-state index in [0.29, 0.717) is 43.0 Å². The zero-order valence-corrected chi connectivity index (χ0v) is 21.9. The summed E-state index contributed by atoms with van der Waals surface area (Å²) < 4.78 is 20.7. The van der Waals surface area contributed by atoms with E-state index in [1.165, 1.54) is 17.4 Å². The zero-order valence-electron chi connectivity index (χ0n) is 19.6. The molecule has 2 aliphatic rings. The first-order valence-corrected chi connectivity index (χ1v) is 13.7. The SMILES string of the molecule is O=C(O)c1cc(F)c2nc(N3CCC(C=Cc4c(-c5c(Cl)cccc5Cl)noc4C4CC4)CC3)sc2c1. The van der Waals surface area contributed by atoms with Crippen molar-refractivity contribution in [2.45, 2.75) is 31.6 Å². The van der Waals surface area contributed by atoms with Gasteiger partial charge in [-0.3, -0.25) is 0 Å². The lowest BCUT2D eigenvalue weighted by Gasteiger charge is -2.30. The van der Waals surface area contributed by atoms with Crippen LogP contribution < -0.4 is 4.90 Å². The van der Waals surface area contributed by atoms with Crippen LogP contribution in [0.3, 0.4) is 0 Å². The number of fused-ring (bicyclic) bond motifs is 1. The standard InChI is InChI=1S/C27H22Cl2FN3O3S/c28-18-2-1-3-19(29)22(18)23-17(25(36-32-23)15-5-6-15)7-4-14-8-10-33(11-9-14)27-31-24-20(30)12-16(26(34)35)13-21(24)37-27/h1-4,7,12-15H,5-6,8-11H2,(H,34,35). The first-order valence-electron chi connectivity index (χ1n) is 12.1. The van der Waals surface area contributed by atoms with Crippen molar-refractivity contribution in [2.75, 3.05) is 18.0 Å². The van der Waals surface area contributed by atoms with Gasteiger partial charge in [0.1, 0.15) is 17.0 Å². The molecule has 0 amide bonds. The average molecular weight is 558 g/mol. The van der Waals surface area contributed by atoms with Crippen molar-refractivity contribution in [3.05, 3.63) is 69.2 Å². The number of aromatic nitrogens is 2. The van der Waals surface area contributed by atoms with Crippen LogP contribution in [0.2, 0.25) is 10.0 Å². The smallest absolute Gasteiger partial charge is 0.335 e.